The third-order valence-electron chi connectivity index (χ3n) is 18.9. The maximum Gasteiger partial charge on any atom is 0.188 e. The molecule has 566 valence electrons. The van der Waals surface area contributed by atoms with E-state index in [9.17, 15) is 0 Å². The van der Waals surface area contributed by atoms with E-state index in [0.717, 1.165) is 257 Å². The number of nitrogens with one attached hydrogen (secondary N) is 4. The SMILES string of the molecule is CCN1CCN(c2cc(Nc3nc(-c4cccnc4)cs3)nc(C)n2)CC1.CCN1CCN(c2cc(Nc3ncc(-c4ccccn4)s3)nc(C)n2)CC1.CCN1CCN(c2cc(Nc3ncc(-c4cncnc4)s3)nc(C)n2)CC1.Cc1nc(Nc2ncc(-c3cccnc3)s2)cc(N2CCC(N(C)C)CC2)n1. The number of piperidine rings is 1. The summed E-state index contributed by atoms with van der Waals surface area (Å²) in [6.45, 7) is 32.0. The fourth-order valence-corrected chi connectivity index (χ4v) is 16.0. The van der Waals surface area contributed by atoms with Gasteiger partial charge in [-0.05, 0) is 105 Å². The van der Waals surface area contributed by atoms with Gasteiger partial charge < -0.3 is 60.5 Å². The molecule has 12 aromatic heterocycles. The number of aromatic nitrogens is 17. The first kappa shape index (κ1) is 76.8. The van der Waals surface area contributed by atoms with E-state index in [2.05, 4.69) is 180 Å². The average Bonchev–Trinajstić information content (AvgIpc) is 1.58. The lowest BCUT2D eigenvalue weighted by atomic mass is 10.0. The summed E-state index contributed by atoms with van der Waals surface area (Å²) in [5, 5.41) is 18.6. The Hall–Kier alpha value is -10.4. The Labute approximate surface area is 652 Å². The summed E-state index contributed by atoms with van der Waals surface area (Å²) >= 11 is 6.26. The van der Waals surface area contributed by atoms with Crippen LogP contribution in [0.25, 0.3) is 42.7 Å². The van der Waals surface area contributed by atoms with Crippen molar-refractivity contribution in [3.05, 3.63) is 164 Å². The van der Waals surface area contributed by atoms with Gasteiger partial charge in [0.2, 0.25) is 0 Å². The van der Waals surface area contributed by atoms with Crippen molar-refractivity contribution in [3.8, 4) is 42.7 Å². The molecule has 4 aliphatic heterocycles. The molecule has 0 amide bonds. The molecule has 12 aromatic rings. The molecule has 33 heteroatoms. The van der Waals surface area contributed by atoms with Gasteiger partial charge in [0.25, 0.3) is 0 Å². The standard InChI is InChI=1S/C20H25N7S.2C19H23N7S.C18H22N8S/c1-14-23-18(11-19(24-14)27-9-6-16(7-10-27)26(2)3)25-20-22-13-17(28-20)15-5-4-8-21-12-15;1-3-25-7-9-26(10-8-25)18-11-17(21-14(2)22-18)24-19-23-16(13-27-19)15-5-4-6-20-12-15;1-3-25-8-10-26(11-9-25)18-12-17(22-14(2)23-18)24-19-21-13-16(27-19)15-6-4-5-7-20-15;1-3-25-4-6-26(7-5-25)17-8-16(22-13(2)23-17)24-18-21-11-15(27-18)14-9-19-12-20-10-14/h4-5,8,11-13,16H,6-7,9-10H2,1-3H3,(H,22,23,24,25);4-6,11-13H,3,7-10H2,1-2H3,(H,21,22,23,24);4-7,12-13H,3,8-11H2,1-2H3,(H,21,22,23,24);8-12H,3-7H2,1-2H3,(H,21,22,23,24). The van der Waals surface area contributed by atoms with Crippen molar-refractivity contribution in [2.75, 3.05) is 166 Å². The molecule has 29 nitrogen and oxygen atoms in total. The first-order valence-electron chi connectivity index (χ1n) is 36.9. The maximum atomic E-state index is 4.66. The zero-order valence-corrected chi connectivity index (χ0v) is 66.4. The second-order valence-electron chi connectivity index (χ2n) is 26.5. The van der Waals surface area contributed by atoms with E-state index in [4.69, 9.17) is 0 Å². The predicted octanol–water partition coefficient (Wildman–Crippen LogP) is 12.5. The van der Waals surface area contributed by atoms with Crippen LogP contribution in [-0.4, -0.2) is 236 Å². The second-order valence-corrected chi connectivity index (χ2v) is 30.5. The Morgan fingerprint density at radius 1 is 0.376 bits per heavy atom. The lowest BCUT2D eigenvalue weighted by Gasteiger charge is -2.35. The van der Waals surface area contributed by atoms with Crippen LogP contribution in [0.5, 0.6) is 0 Å². The van der Waals surface area contributed by atoms with E-state index in [0.29, 0.717) is 6.04 Å². The van der Waals surface area contributed by atoms with Gasteiger partial charge in [0.15, 0.2) is 20.5 Å². The minimum atomic E-state index is 0.651. The van der Waals surface area contributed by atoms with Crippen LogP contribution in [0.2, 0.25) is 0 Å². The normalized spacial score (nSPS) is 15.1. The third-order valence-corrected chi connectivity index (χ3v) is 22.5. The summed E-state index contributed by atoms with van der Waals surface area (Å²) < 4.78 is 0. The maximum absolute atomic E-state index is 4.66. The van der Waals surface area contributed by atoms with Gasteiger partial charge in [-0.15, -0.1) is 11.3 Å². The lowest BCUT2D eigenvalue weighted by Crippen LogP contribution is -2.46. The summed E-state index contributed by atoms with van der Waals surface area (Å²) in [5.41, 5.74) is 4.87. The van der Waals surface area contributed by atoms with Crippen molar-refractivity contribution in [2.45, 2.75) is 67.3 Å². The minimum Gasteiger partial charge on any atom is -0.356 e. The van der Waals surface area contributed by atoms with Gasteiger partial charge in [-0.25, -0.2) is 69.8 Å². The molecule has 0 spiro atoms. The number of hydrogen-bond acceptors (Lipinski definition) is 33. The highest BCUT2D eigenvalue weighted by molar-refractivity contribution is 7.19. The van der Waals surface area contributed by atoms with Crippen molar-refractivity contribution >= 4 is 112 Å². The molecule has 109 heavy (non-hydrogen) atoms. The van der Waals surface area contributed by atoms with Crippen molar-refractivity contribution in [2.24, 2.45) is 0 Å². The van der Waals surface area contributed by atoms with Crippen molar-refractivity contribution in [1.29, 1.82) is 0 Å². The molecule has 4 fully saturated rings. The van der Waals surface area contributed by atoms with Crippen molar-refractivity contribution in [3.63, 3.8) is 0 Å². The zero-order valence-electron chi connectivity index (χ0n) is 63.1. The van der Waals surface area contributed by atoms with E-state index in [-0.39, 0.29) is 0 Å². The fourth-order valence-electron chi connectivity index (χ4n) is 12.8. The second kappa shape index (κ2) is 37.6. The zero-order chi connectivity index (χ0) is 75.4. The summed E-state index contributed by atoms with van der Waals surface area (Å²) in [6.07, 6.45) is 21.9. The molecule has 4 N–H and O–H groups in total. The quantitative estimate of drug-likeness (QED) is 0.0551. The van der Waals surface area contributed by atoms with E-state index in [1.165, 1.54) is 6.33 Å². The number of pyridine rings is 3. The number of hydrogen-bond donors (Lipinski definition) is 4. The van der Waals surface area contributed by atoms with Crippen LogP contribution < -0.4 is 40.9 Å². The van der Waals surface area contributed by atoms with Gasteiger partial charge in [0, 0.05) is 206 Å². The Morgan fingerprint density at radius 2 is 0.771 bits per heavy atom. The number of anilines is 12. The number of thiazole rings is 4. The van der Waals surface area contributed by atoms with Crippen molar-refractivity contribution in [1.82, 2.24) is 104 Å². The van der Waals surface area contributed by atoms with E-state index < -0.39 is 0 Å². The first-order chi connectivity index (χ1) is 53.2. The summed E-state index contributed by atoms with van der Waals surface area (Å²) in [6, 6.07) is 22.5. The molecule has 0 saturated carbocycles. The van der Waals surface area contributed by atoms with Crippen LogP contribution in [0, 0.1) is 27.7 Å². The average molecular weight is 1540 g/mol. The molecule has 0 atom stereocenters. The Balaban J connectivity index is 0.000000128. The Kier molecular flexibility index (Phi) is 26.5. The molecule has 0 bridgehead atoms. The number of aryl methyl sites for hydroxylation is 4. The van der Waals surface area contributed by atoms with Gasteiger partial charge in [0.1, 0.15) is 76.2 Å². The van der Waals surface area contributed by atoms with Crippen LogP contribution in [-0.2, 0) is 0 Å². The molecule has 0 aromatic carbocycles. The number of piperazine rings is 3. The van der Waals surface area contributed by atoms with Crippen LogP contribution in [0.4, 0.5) is 67.1 Å². The van der Waals surface area contributed by atoms with Gasteiger partial charge in [0.05, 0.1) is 26.0 Å². The predicted molar refractivity (Wildman–Crippen MR) is 441 cm³/mol. The summed E-state index contributed by atoms with van der Waals surface area (Å²) in [5.74, 6) is 10.0. The van der Waals surface area contributed by atoms with E-state index >= 15 is 0 Å². The number of rotatable bonds is 20. The topological polar surface area (TPSA) is 293 Å². The summed E-state index contributed by atoms with van der Waals surface area (Å²) in [4.78, 5) is 97.7. The van der Waals surface area contributed by atoms with Gasteiger partial charge in [-0.2, -0.15) is 0 Å². The smallest absolute Gasteiger partial charge is 0.188 e. The van der Waals surface area contributed by atoms with E-state index in [1.807, 2.05) is 131 Å². The summed E-state index contributed by atoms with van der Waals surface area (Å²) in [7, 11) is 4.32. The fraction of sp³-hybridized carbons (Fsp3) is 0.382. The molecule has 0 aliphatic carbocycles. The van der Waals surface area contributed by atoms with E-state index in [1.54, 1.807) is 76.3 Å². The van der Waals surface area contributed by atoms with Crippen LogP contribution in [0.3, 0.4) is 0 Å². The molecule has 0 radical (unpaired) electrons. The Bertz CT molecular complexity index is 4430. The van der Waals surface area contributed by atoms with Gasteiger partial charge in [-0.3, -0.25) is 15.0 Å². The first-order valence-corrected chi connectivity index (χ1v) is 40.2. The van der Waals surface area contributed by atoms with Crippen LogP contribution in [0.1, 0.15) is 56.9 Å². The highest BCUT2D eigenvalue weighted by Gasteiger charge is 2.25. The van der Waals surface area contributed by atoms with Crippen molar-refractivity contribution < 1.29 is 0 Å². The monoisotopic (exact) mass is 1540 g/mol. The highest BCUT2D eigenvalue weighted by Crippen LogP contribution is 2.35. The van der Waals surface area contributed by atoms with Gasteiger partial charge in [-0.1, -0.05) is 66.9 Å². The largest absolute Gasteiger partial charge is 0.356 e. The number of likely N-dealkylation sites (N-methyl/N-ethyl adjacent to an activating group) is 3. The molecular formula is C76H93N29S4. The van der Waals surface area contributed by atoms with Gasteiger partial charge >= 0.3 is 0 Å². The molecule has 16 rings (SSSR count). The van der Waals surface area contributed by atoms with Crippen LogP contribution in [0.15, 0.2) is 140 Å². The lowest BCUT2D eigenvalue weighted by molar-refractivity contribution is 0.249. The molecule has 4 aliphatic rings. The molecule has 16 heterocycles. The highest BCUT2D eigenvalue weighted by atomic mass is 32.1. The number of nitrogens with zero attached hydrogens (tertiary/aromatic N) is 25. The minimum absolute atomic E-state index is 0.651. The van der Waals surface area contributed by atoms with Crippen LogP contribution >= 0.6 is 45.3 Å². The molecule has 4 saturated heterocycles. The molecular weight excluding hydrogens is 1450 g/mol. The Morgan fingerprint density at radius 3 is 1.17 bits per heavy atom. The molecule has 0 unspecified atom stereocenters. The third kappa shape index (κ3) is 21.5.